The fourth-order valence-corrected chi connectivity index (χ4v) is 3.49. The number of hydrogen-bond donors (Lipinski definition) is 0. The van der Waals surface area contributed by atoms with Crippen LogP contribution < -0.4 is 5.63 Å². The van der Waals surface area contributed by atoms with Crippen LogP contribution in [0.3, 0.4) is 0 Å². The summed E-state index contributed by atoms with van der Waals surface area (Å²) < 4.78 is 7.43. The van der Waals surface area contributed by atoms with Crippen LogP contribution in [-0.2, 0) is 0 Å². The second kappa shape index (κ2) is 6.67. The third-order valence-electron chi connectivity index (χ3n) is 4.77. The molecule has 4 nitrogen and oxygen atoms in total. The fraction of sp³-hybridized carbons (Fsp3) is 0. The molecule has 0 amide bonds. The third kappa shape index (κ3) is 2.72. The molecule has 0 bridgehead atoms. The Bertz CT molecular complexity index is 1320. The summed E-state index contributed by atoms with van der Waals surface area (Å²) in [5, 5.41) is 5.40. The second-order valence-corrected chi connectivity index (χ2v) is 6.51. The van der Waals surface area contributed by atoms with Crippen LogP contribution >= 0.6 is 0 Å². The highest BCUT2D eigenvalue weighted by molar-refractivity contribution is 6.00. The van der Waals surface area contributed by atoms with Crippen LogP contribution in [0.5, 0.6) is 0 Å². The monoisotopic (exact) mass is 364 g/mol. The van der Waals surface area contributed by atoms with Gasteiger partial charge in [0, 0.05) is 22.7 Å². The average molecular weight is 364 g/mol. The van der Waals surface area contributed by atoms with Crippen molar-refractivity contribution in [2.45, 2.75) is 0 Å². The summed E-state index contributed by atoms with van der Waals surface area (Å²) in [6.45, 7) is 0. The SMILES string of the molecule is O=c1oc2ccccc2c(-c2cnn(-c3ccccc3)c2)c1-c1ccccc1. The van der Waals surface area contributed by atoms with Gasteiger partial charge in [0.1, 0.15) is 5.58 Å². The maximum Gasteiger partial charge on any atom is 0.344 e. The van der Waals surface area contributed by atoms with Gasteiger partial charge in [0.15, 0.2) is 0 Å². The minimum absolute atomic E-state index is 0.354. The zero-order valence-corrected chi connectivity index (χ0v) is 14.9. The first-order chi connectivity index (χ1) is 13.8. The van der Waals surface area contributed by atoms with E-state index in [4.69, 9.17) is 4.42 Å². The zero-order chi connectivity index (χ0) is 18.9. The van der Waals surface area contributed by atoms with Crippen LogP contribution in [0.4, 0.5) is 0 Å². The molecule has 0 aliphatic heterocycles. The van der Waals surface area contributed by atoms with Crippen molar-refractivity contribution >= 4 is 11.0 Å². The Morgan fingerprint density at radius 1 is 0.714 bits per heavy atom. The predicted octanol–water partition coefficient (Wildman–Crippen LogP) is 5.31. The van der Waals surface area contributed by atoms with E-state index >= 15 is 0 Å². The van der Waals surface area contributed by atoms with Crippen LogP contribution in [0.1, 0.15) is 0 Å². The van der Waals surface area contributed by atoms with Crippen molar-refractivity contribution in [1.82, 2.24) is 9.78 Å². The van der Waals surface area contributed by atoms with Crippen LogP contribution in [-0.4, -0.2) is 9.78 Å². The summed E-state index contributed by atoms with van der Waals surface area (Å²) in [6.07, 6.45) is 3.74. The smallest absolute Gasteiger partial charge is 0.344 e. The predicted molar refractivity (Wildman–Crippen MR) is 110 cm³/mol. The quantitative estimate of drug-likeness (QED) is 0.408. The van der Waals surface area contributed by atoms with Crippen molar-refractivity contribution in [3.05, 3.63) is 108 Å². The largest absolute Gasteiger partial charge is 0.422 e. The van der Waals surface area contributed by atoms with Gasteiger partial charge in [-0.05, 0) is 23.8 Å². The summed E-state index contributed by atoms with van der Waals surface area (Å²) >= 11 is 0. The average Bonchev–Trinajstić information content (AvgIpc) is 3.24. The topological polar surface area (TPSA) is 48.0 Å². The molecule has 28 heavy (non-hydrogen) atoms. The molecule has 3 aromatic carbocycles. The number of hydrogen-bond acceptors (Lipinski definition) is 3. The first-order valence-electron chi connectivity index (χ1n) is 9.03. The lowest BCUT2D eigenvalue weighted by Gasteiger charge is -2.10. The normalized spacial score (nSPS) is 11.0. The fourth-order valence-electron chi connectivity index (χ4n) is 3.49. The molecule has 0 radical (unpaired) electrons. The van der Waals surface area contributed by atoms with Crippen molar-refractivity contribution in [2.24, 2.45) is 0 Å². The van der Waals surface area contributed by atoms with E-state index in [1.165, 1.54) is 0 Å². The molecule has 0 spiro atoms. The summed E-state index contributed by atoms with van der Waals surface area (Å²) in [7, 11) is 0. The molecule has 2 heterocycles. The Morgan fingerprint density at radius 2 is 1.39 bits per heavy atom. The van der Waals surface area contributed by atoms with Crippen molar-refractivity contribution in [3.8, 4) is 27.9 Å². The second-order valence-electron chi connectivity index (χ2n) is 6.51. The van der Waals surface area contributed by atoms with Gasteiger partial charge >= 0.3 is 5.63 Å². The Morgan fingerprint density at radius 3 is 2.18 bits per heavy atom. The van der Waals surface area contributed by atoms with Gasteiger partial charge in [0.05, 0.1) is 17.4 Å². The third-order valence-corrected chi connectivity index (χ3v) is 4.77. The Balaban J connectivity index is 1.81. The molecule has 0 N–H and O–H groups in total. The Kier molecular flexibility index (Phi) is 3.87. The lowest BCUT2D eigenvalue weighted by Crippen LogP contribution is -2.05. The molecule has 5 aromatic rings. The van der Waals surface area contributed by atoms with Gasteiger partial charge in [-0.25, -0.2) is 9.48 Å². The lowest BCUT2D eigenvalue weighted by molar-refractivity contribution is 0.564. The van der Waals surface area contributed by atoms with Crippen molar-refractivity contribution in [3.63, 3.8) is 0 Å². The van der Waals surface area contributed by atoms with Gasteiger partial charge in [0.2, 0.25) is 0 Å². The lowest BCUT2D eigenvalue weighted by atomic mass is 9.95. The highest BCUT2D eigenvalue weighted by atomic mass is 16.4. The van der Waals surface area contributed by atoms with Crippen LogP contribution in [0, 0.1) is 0 Å². The van der Waals surface area contributed by atoms with E-state index in [0.29, 0.717) is 11.1 Å². The molecule has 0 atom stereocenters. The molecule has 0 saturated carbocycles. The summed E-state index contributed by atoms with van der Waals surface area (Å²) in [5.74, 6) is 0. The zero-order valence-electron chi connectivity index (χ0n) is 14.9. The van der Waals surface area contributed by atoms with Gasteiger partial charge in [-0.3, -0.25) is 0 Å². The van der Waals surface area contributed by atoms with Crippen molar-refractivity contribution in [1.29, 1.82) is 0 Å². The first-order valence-corrected chi connectivity index (χ1v) is 9.03. The van der Waals surface area contributed by atoms with Gasteiger partial charge in [-0.1, -0.05) is 66.7 Å². The molecule has 134 valence electrons. The number of benzene rings is 3. The molecule has 0 aliphatic carbocycles. The standard InChI is InChI=1S/C24H16N2O2/c27-24-23(17-9-3-1-4-10-17)22(20-13-7-8-14-21(20)28-24)18-15-25-26(16-18)19-11-5-2-6-12-19/h1-16H. The highest BCUT2D eigenvalue weighted by Crippen LogP contribution is 2.35. The Labute approximate surface area is 161 Å². The maximum atomic E-state index is 12.9. The van der Waals surface area contributed by atoms with E-state index in [0.717, 1.165) is 27.8 Å². The molecule has 5 rings (SSSR count). The number of aromatic nitrogens is 2. The van der Waals surface area contributed by atoms with E-state index in [9.17, 15) is 4.79 Å². The Hall–Kier alpha value is -3.92. The minimum Gasteiger partial charge on any atom is -0.422 e. The number of para-hydroxylation sites is 2. The van der Waals surface area contributed by atoms with Crippen LogP contribution in [0.15, 0.2) is 107 Å². The molecule has 0 unspecified atom stereocenters. The number of rotatable bonds is 3. The van der Waals surface area contributed by atoms with E-state index in [1.807, 2.05) is 95.8 Å². The first kappa shape index (κ1) is 16.3. The van der Waals surface area contributed by atoms with Crippen molar-refractivity contribution in [2.75, 3.05) is 0 Å². The van der Waals surface area contributed by atoms with E-state index < -0.39 is 0 Å². The molecule has 4 heteroatoms. The van der Waals surface area contributed by atoms with Crippen LogP contribution in [0.25, 0.3) is 38.9 Å². The summed E-state index contributed by atoms with van der Waals surface area (Å²) in [5.41, 5.74) is 4.24. The van der Waals surface area contributed by atoms with Gasteiger partial charge in [-0.15, -0.1) is 0 Å². The van der Waals surface area contributed by atoms with Crippen LogP contribution in [0.2, 0.25) is 0 Å². The van der Waals surface area contributed by atoms with Gasteiger partial charge < -0.3 is 4.42 Å². The van der Waals surface area contributed by atoms with E-state index in [1.54, 1.807) is 6.20 Å². The molecule has 0 fully saturated rings. The molecule has 0 saturated heterocycles. The number of nitrogens with zero attached hydrogens (tertiary/aromatic N) is 2. The summed E-state index contributed by atoms with van der Waals surface area (Å²) in [6, 6.07) is 27.1. The molecular weight excluding hydrogens is 348 g/mol. The molecule has 2 aromatic heterocycles. The van der Waals surface area contributed by atoms with E-state index in [2.05, 4.69) is 5.10 Å². The van der Waals surface area contributed by atoms with Gasteiger partial charge in [0.25, 0.3) is 0 Å². The number of fused-ring (bicyclic) bond motifs is 1. The summed E-state index contributed by atoms with van der Waals surface area (Å²) in [4.78, 5) is 12.9. The minimum atomic E-state index is -0.354. The van der Waals surface area contributed by atoms with E-state index in [-0.39, 0.29) is 5.63 Å². The highest BCUT2D eigenvalue weighted by Gasteiger charge is 2.19. The molecular formula is C24H16N2O2. The molecule has 0 aliphatic rings. The van der Waals surface area contributed by atoms with Gasteiger partial charge in [-0.2, -0.15) is 5.10 Å². The van der Waals surface area contributed by atoms with Crippen molar-refractivity contribution < 1.29 is 4.42 Å². The maximum absolute atomic E-state index is 12.9.